The van der Waals surface area contributed by atoms with E-state index in [1.54, 1.807) is 18.2 Å². The van der Waals surface area contributed by atoms with E-state index in [0.29, 0.717) is 25.3 Å². The topological polar surface area (TPSA) is 84.2 Å². The first-order valence-electron chi connectivity index (χ1n) is 8.89. The predicted octanol–water partition coefficient (Wildman–Crippen LogP) is 2.76. The molecule has 2 N–H and O–H groups in total. The van der Waals surface area contributed by atoms with Crippen molar-refractivity contribution in [3.63, 3.8) is 0 Å². The first-order valence-corrected chi connectivity index (χ1v) is 8.89. The quantitative estimate of drug-likeness (QED) is 0.761. The Morgan fingerprint density at radius 3 is 2.65 bits per heavy atom. The number of carbonyl (C=O) groups is 2. The van der Waals surface area contributed by atoms with Crippen LogP contribution >= 0.6 is 0 Å². The summed E-state index contributed by atoms with van der Waals surface area (Å²) >= 11 is 0. The van der Waals surface area contributed by atoms with Crippen LogP contribution in [0.5, 0.6) is 0 Å². The fourth-order valence-electron chi connectivity index (χ4n) is 2.94. The van der Waals surface area contributed by atoms with Crippen molar-refractivity contribution < 1.29 is 14.7 Å². The van der Waals surface area contributed by atoms with Gasteiger partial charge in [-0.2, -0.15) is 5.10 Å². The first-order chi connectivity index (χ1) is 12.3. The minimum atomic E-state index is -0.944. The summed E-state index contributed by atoms with van der Waals surface area (Å²) in [5, 5.41) is 16.5. The molecule has 0 unspecified atom stereocenters. The Bertz CT molecular complexity index is 794. The van der Waals surface area contributed by atoms with E-state index < -0.39 is 5.97 Å². The van der Waals surface area contributed by atoms with Gasteiger partial charge in [0.05, 0.1) is 17.7 Å². The molecule has 26 heavy (non-hydrogen) atoms. The summed E-state index contributed by atoms with van der Waals surface area (Å²) in [5.41, 5.74) is 4.07. The Balaban J connectivity index is 1.90. The van der Waals surface area contributed by atoms with Gasteiger partial charge >= 0.3 is 5.97 Å². The molecule has 2 rings (SSSR count). The lowest BCUT2D eigenvalue weighted by atomic mass is 10.1. The lowest BCUT2D eigenvalue weighted by Crippen LogP contribution is -2.27. The van der Waals surface area contributed by atoms with Crippen LogP contribution in [0.4, 0.5) is 0 Å². The van der Waals surface area contributed by atoms with Crippen molar-refractivity contribution in [2.45, 2.75) is 47.1 Å². The Morgan fingerprint density at radius 2 is 2.00 bits per heavy atom. The number of aromatic carboxylic acids is 1. The molecule has 0 atom stereocenters. The van der Waals surface area contributed by atoms with Crippen LogP contribution < -0.4 is 5.32 Å². The van der Waals surface area contributed by atoms with E-state index in [2.05, 4.69) is 24.3 Å². The van der Waals surface area contributed by atoms with Crippen molar-refractivity contribution in [3.8, 4) is 0 Å². The van der Waals surface area contributed by atoms with Crippen LogP contribution in [-0.4, -0.2) is 33.3 Å². The number of carbonyl (C=O) groups excluding carboxylic acids is 1. The van der Waals surface area contributed by atoms with Crippen molar-refractivity contribution >= 4 is 11.9 Å². The van der Waals surface area contributed by atoms with Crippen molar-refractivity contribution in [1.29, 1.82) is 0 Å². The molecule has 2 aromatic rings. The van der Waals surface area contributed by atoms with Crippen molar-refractivity contribution in [1.82, 2.24) is 15.1 Å². The summed E-state index contributed by atoms with van der Waals surface area (Å²) in [6, 6.07) is 6.78. The number of benzene rings is 1. The Labute approximate surface area is 154 Å². The van der Waals surface area contributed by atoms with Gasteiger partial charge in [-0.1, -0.05) is 26.0 Å². The fraction of sp³-hybridized carbons (Fsp3) is 0.450. The molecule has 1 heterocycles. The zero-order valence-electron chi connectivity index (χ0n) is 15.9. The molecule has 0 saturated heterocycles. The average Bonchev–Trinajstić information content (AvgIpc) is 2.82. The van der Waals surface area contributed by atoms with Gasteiger partial charge in [-0.15, -0.1) is 0 Å². The van der Waals surface area contributed by atoms with Gasteiger partial charge in [0.2, 0.25) is 5.91 Å². The standard InChI is InChI=1S/C20H27N3O3/c1-13(2)12-23-15(4)18(14(3)22-23)11-19(24)21-9-8-16-6-5-7-17(10-16)20(25)26/h5-7,10,13H,8-9,11-12H2,1-4H3,(H,21,24)(H,25,26). The van der Waals surface area contributed by atoms with Crippen molar-refractivity contribution in [2.75, 3.05) is 6.54 Å². The summed E-state index contributed by atoms with van der Waals surface area (Å²) in [4.78, 5) is 23.3. The molecule has 0 bridgehead atoms. The molecule has 0 spiro atoms. The number of hydrogen-bond donors (Lipinski definition) is 2. The number of nitrogens with one attached hydrogen (secondary N) is 1. The van der Waals surface area contributed by atoms with Gasteiger partial charge in [0.25, 0.3) is 0 Å². The van der Waals surface area contributed by atoms with Crippen LogP contribution in [-0.2, 0) is 24.2 Å². The van der Waals surface area contributed by atoms with E-state index >= 15 is 0 Å². The molecule has 1 aromatic carbocycles. The third-order valence-corrected chi connectivity index (χ3v) is 4.32. The van der Waals surface area contributed by atoms with Crippen LogP contribution in [0.2, 0.25) is 0 Å². The van der Waals surface area contributed by atoms with Crippen LogP contribution in [0.25, 0.3) is 0 Å². The highest BCUT2D eigenvalue weighted by Crippen LogP contribution is 2.15. The lowest BCUT2D eigenvalue weighted by Gasteiger charge is -2.09. The number of carboxylic acid groups (broad SMARTS) is 1. The predicted molar refractivity (Wildman–Crippen MR) is 100 cm³/mol. The highest BCUT2D eigenvalue weighted by atomic mass is 16.4. The number of nitrogens with zero attached hydrogens (tertiary/aromatic N) is 2. The lowest BCUT2D eigenvalue weighted by molar-refractivity contribution is -0.120. The van der Waals surface area contributed by atoms with E-state index in [1.165, 1.54) is 0 Å². The van der Waals surface area contributed by atoms with Gasteiger partial charge < -0.3 is 10.4 Å². The minimum Gasteiger partial charge on any atom is -0.478 e. The third-order valence-electron chi connectivity index (χ3n) is 4.32. The van der Waals surface area contributed by atoms with E-state index in [1.807, 2.05) is 24.6 Å². The molecular formula is C20H27N3O3. The number of hydrogen-bond acceptors (Lipinski definition) is 3. The molecule has 140 valence electrons. The highest BCUT2D eigenvalue weighted by Gasteiger charge is 2.15. The number of aromatic nitrogens is 2. The normalized spacial score (nSPS) is 11.0. The second kappa shape index (κ2) is 8.65. The minimum absolute atomic E-state index is 0.0466. The van der Waals surface area contributed by atoms with Crippen molar-refractivity contribution in [2.24, 2.45) is 5.92 Å². The molecule has 0 saturated carbocycles. The summed E-state index contributed by atoms with van der Waals surface area (Å²) in [6.07, 6.45) is 0.905. The second-order valence-electron chi connectivity index (χ2n) is 7.01. The Hall–Kier alpha value is -2.63. The summed E-state index contributed by atoms with van der Waals surface area (Å²) in [7, 11) is 0. The van der Waals surface area contributed by atoms with E-state index in [9.17, 15) is 9.59 Å². The smallest absolute Gasteiger partial charge is 0.335 e. The molecule has 0 fully saturated rings. The van der Waals surface area contributed by atoms with E-state index in [4.69, 9.17) is 5.11 Å². The van der Waals surface area contributed by atoms with Gasteiger partial charge in [-0.3, -0.25) is 9.48 Å². The Morgan fingerprint density at radius 1 is 1.27 bits per heavy atom. The van der Waals surface area contributed by atoms with Gasteiger partial charge in [-0.25, -0.2) is 4.79 Å². The molecule has 1 aromatic heterocycles. The monoisotopic (exact) mass is 357 g/mol. The molecular weight excluding hydrogens is 330 g/mol. The largest absolute Gasteiger partial charge is 0.478 e. The SMILES string of the molecule is Cc1nn(CC(C)C)c(C)c1CC(=O)NCCc1cccc(C(=O)O)c1. The fourth-order valence-corrected chi connectivity index (χ4v) is 2.94. The number of carboxylic acids is 1. The van der Waals surface area contributed by atoms with Crippen LogP contribution in [0.1, 0.15) is 46.7 Å². The van der Waals surface area contributed by atoms with Gasteiger partial charge in [-0.05, 0) is 43.9 Å². The average molecular weight is 357 g/mol. The van der Waals surface area contributed by atoms with Gasteiger partial charge in [0, 0.05) is 24.3 Å². The number of rotatable bonds is 8. The Kier molecular flexibility index (Phi) is 6.55. The number of aryl methyl sites for hydroxylation is 1. The zero-order valence-corrected chi connectivity index (χ0v) is 15.9. The van der Waals surface area contributed by atoms with Gasteiger partial charge in [0.15, 0.2) is 0 Å². The molecule has 1 amide bonds. The van der Waals surface area contributed by atoms with E-state index in [-0.39, 0.29) is 11.5 Å². The maximum absolute atomic E-state index is 12.3. The van der Waals surface area contributed by atoms with Crippen LogP contribution in [0, 0.1) is 19.8 Å². The van der Waals surface area contributed by atoms with Crippen LogP contribution in [0.15, 0.2) is 24.3 Å². The molecule has 0 aliphatic carbocycles. The maximum Gasteiger partial charge on any atom is 0.335 e. The molecule has 0 radical (unpaired) electrons. The second-order valence-corrected chi connectivity index (χ2v) is 7.01. The first kappa shape index (κ1) is 19.7. The highest BCUT2D eigenvalue weighted by molar-refractivity contribution is 5.87. The van der Waals surface area contributed by atoms with E-state index in [0.717, 1.165) is 29.1 Å². The van der Waals surface area contributed by atoms with Gasteiger partial charge in [0.1, 0.15) is 0 Å². The summed E-state index contributed by atoms with van der Waals surface area (Å²) in [5.74, 6) is -0.494. The molecule has 6 heteroatoms. The molecule has 6 nitrogen and oxygen atoms in total. The van der Waals surface area contributed by atoms with Crippen LogP contribution in [0.3, 0.4) is 0 Å². The third kappa shape index (κ3) is 5.18. The van der Waals surface area contributed by atoms with Crippen molar-refractivity contribution in [3.05, 3.63) is 52.3 Å². The zero-order chi connectivity index (χ0) is 19.3. The number of amides is 1. The maximum atomic E-state index is 12.3. The summed E-state index contributed by atoms with van der Waals surface area (Å²) < 4.78 is 1.97. The molecule has 0 aliphatic rings. The molecule has 0 aliphatic heterocycles. The summed E-state index contributed by atoms with van der Waals surface area (Å²) in [6.45, 7) is 9.53.